The topological polar surface area (TPSA) is 25.8 Å². The molecule has 0 unspecified atom stereocenters. The van der Waals surface area contributed by atoms with Crippen molar-refractivity contribution in [3.63, 3.8) is 0 Å². The van der Waals surface area contributed by atoms with E-state index < -0.39 is 0 Å². The fourth-order valence-electron chi connectivity index (χ4n) is 1.93. The van der Waals surface area contributed by atoms with Gasteiger partial charge in [-0.25, -0.2) is 4.39 Å². The van der Waals surface area contributed by atoms with E-state index in [1.807, 2.05) is 6.07 Å². The van der Waals surface area contributed by atoms with Crippen molar-refractivity contribution in [3.05, 3.63) is 58.4 Å². The summed E-state index contributed by atoms with van der Waals surface area (Å²) in [7, 11) is 0. The molecule has 0 radical (unpaired) electrons. The molecule has 0 atom stereocenters. The molecule has 0 spiro atoms. The van der Waals surface area contributed by atoms with Gasteiger partial charge in [0.2, 0.25) is 0 Å². The highest BCUT2D eigenvalue weighted by molar-refractivity contribution is 14.1. The summed E-state index contributed by atoms with van der Waals surface area (Å²) in [6, 6.07) is 7.32. The van der Waals surface area contributed by atoms with Gasteiger partial charge in [0.1, 0.15) is 5.82 Å². The third-order valence-corrected chi connectivity index (χ3v) is 3.68. The molecule has 2 heterocycles. The molecule has 3 aromatic rings. The Morgan fingerprint density at radius 2 is 1.67 bits per heavy atom. The van der Waals surface area contributed by atoms with Crippen LogP contribution in [0.1, 0.15) is 0 Å². The van der Waals surface area contributed by atoms with E-state index in [-0.39, 0.29) is 5.82 Å². The van der Waals surface area contributed by atoms with Crippen molar-refractivity contribution in [2.75, 3.05) is 0 Å². The molecule has 0 aliphatic carbocycles. The fraction of sp³-hybridized carbons (Fsp3) is 0. The second kappa shape index (κ2) is 4.61. The molecular formula is C14H8FIN2. The molecule has 2 nitrogen and oxygen atoms in total. The van der Waals surface area contributed by atoms with Crippen molar-refractivity contribution in [2.24, 2.45) is 0 Å². The lowest BCUT2D eigenvalue weighted by atomic mass is 10.0. The van der Waals surface area contributed by atoms with E-state index in [1.165, 1.54) is 0 Å². The number of hydrogen-bond acceptors (Lipinski definition) is 2. The van der Waals surface area contributed by atoms with Crippen LogP contribution in [0.25, 0.3) is 21.9 Å². The SMILES string of the molecule is Fc1c(-c2ccncc2)ccc2c(I)cncc12. The second-order valence-corrected chi connectivity index (χ2v) is 5.04. The molecule has 1 aromatic carbocycles. The average Bonchev–Trinajstić information content (AvgIpc) is 2.41. The van der Waals surface area contributed by atoms with Crippen molar-refractivity contribution in [2.45, 2.75) is 0 Å². The molecule has 4 heteroatoms. The van der Waals surface area contributed by atoms with E-state index in [1.54, 1.807) is 43.0 Å². The van der Waals surface area contributed by atoms with Gasteiger partial charge in [0.15, 0.2) is 0 Å². The molecule has 0 aliphatic heterocycles. The second-order valence-electron chi connectivity index (χ2n) is 3.88. The van der Waals surface area contributed by atoms with Gasteiger partial charge in [0.05, 0.1) is 0 Å². The first-order valence-corrected chi connectivity index (χ1v) is 6.47. The van der Waals surface area contributed by atoms with Crippen molar-refractivity contribution < 1.29 is 4.39 Å². The van der Waals surface area contributed by atoms with Crippen LogP contribution in [0, 0.1) is 9.39 Å². The first kappa shape index (κ1) is 11.5. The summed E-state index contributed by atoms with van der Waals surface area (Å²) in [4.78, 5) is 7.99. The standard InChI is InChI=1S/C14H8FIN2/c15-14-10(9-3-5-17-6-4-9)1-2-11-12(14)7-18-8-13(11)16/h1-8H. The lowest BCUT2D eigenvalue weighted by Crippen LogP contribution is -1.90. The van der Waals surface area contributed by atoms with Crippen molar-refractivity contribution in [1.82, 2.24) is 9.97 Å². The first-order valence-electron chi connectivity index (χ1n) is 5.39. The van der Waals surface area contributed by atoms with Crippen molar-refractivity contribution >= 4 is 33.4 Å². The highest BCUT2D eigenvalue weighted by Crippen LogP contribution is 2.29. The van der Waals surface area contributed by atoms with Gasteiger partial charge in [-0.1, -0.05) is 12.1 Å². The third kappa shape index (κ3) is 1.86. The minimum absolute atomic E-state index is 0.232. The summed E-state index contributed by atoms with van der Waals surface area (Å²) < 4.78 is 15.4. The molecular weight excluding hydrogens is 342 g/mol. The molecule has 2 aromatic heterocycles. The molecule has 0 bridgehead atoms. The molecule has 0 saturated carbocycles. The maximum atomic E-state index is 14.5. The molecule has 0 amide bonds. The Morgan fingerprint density at radius 1 is 0.889 bits per heavy atom. The number of benzene rings is 1. The number of rotatable bonds is 1. The molecule has 0 fully saturated rings. The zero-order valence-corrected chi connectivity index (χ0v) is 11.4. The highest BCUT2D eigenvalue weighted by atomic mass is 127. The van der Waals surface area contributed by atoms with Gasteiger partial charge >= 0.3 is 0 Å². The van der Waals surface area contributed by atoms with Crippen molar-refractivity contribution in [3.8, 4) is 11.1 Å². The third-order valence-electron chi connectivity index (χ3n) is 2.82. The molecule has 0 N–H and O–H groups in total. The number of aromatic nitrogens is 2. The molecule has 88 valence electrons. The Balaban J connectivity index is 2.31. The smallest absolute Gasteiger partial charge is 0.140 e. The van der Waals surface area contributed by atoms with Crippen LogP contribution in [0.15, 0.2) is 49.1 Å². The number of pyridine rings is 2. The van der Waals surface area contributed by atoms with Gasteiger partial charge in [-0.15, -0.1) is 0 Å². The Hall–Kier alpha value is -1.56. The lowest BCUT2D eigenvalue weighted by Gasteiger charge is -2.07. The van der Waals surface area contributed by atoms with Gasteiger partial charge in [0, 0.05) is 44.7 Å². The minimum atomic E-state index is -0.232. The van der Waals surface area contributed by atoms with Gasteiger partial charge in [-0.3, -0.25) is 9.97 Å². The largest absolute Gasteiger partial charge is 0.265 e. The van der Waals surface area contributed by atoms with Gasteiger partial charge < -0.3 is 0 Å². The molecule has 18 heavy (non-hydrogen) atoms. The number of nitrogens with zero attached hydrogens (tertiary/aromatic N) is 2. The van der Waals surface area contributed by atoms with Crippen LogP contribution in [0.2, 0.25) is 0 Å². The number of fused-ring (bicyclic) bond motifs is 1. The monoisotopic (exact) mass is 350 g/mol. The van der Waals surface area contributed by atoms with E-state index in [0.717, 1.165) is 14.5 Å². The summed E-state index contributed by atoms with van der Waals surface area (Å²) in [6.45, 7) is 0. The molecule has 0 saturated heterocycles. The van der Waals surface area contributed by atoms with E-state index >= 15 is 0 Å². The summed E-state index contributed by atoms with van der Waals surface area (Å²) in [5.41, 5.74) is 1.40. The summed E-state index contributed by atoms with van der Waals surface area (Å²) in [5, 5.41) is 1.44. The maximum Gasteiger partial charge on any atom is 0.140 e. The highest BCUT2D eigenvalue weighted by Gasteiger charge is 2.10. The zero-order chi connectivity index (χ0) is 12.5. The van der Waals surface area contributed by atoms with E-state index in [9.17, 15) is 4.39 Å². The van der Waals surface area contributed by atoms with Crippen LogP contribution in [0.4, 0.5) is 4.39 Å². The Kier molecular flexibility index (Phi) is 2.95. The van der Waals surface area contributed by atoms with Crippen LogP contribution in [-0.4, -0.2) is 9.97 Å². The van der Waals surface area contributed by atoms with Crippen molar-refractivity contribution in [1.29, 1.82) is 0 Å². The van der Waals surface area contributed by atoms with Crippen LogP contribution in [-0.2, 0) is 0 Å². The van der Waals surface area contributed by atoms with Crippen LogP contribution >= 0.6 is 22.6 Å². The van der Waals surface area contributed by atoms with Gasteiger partial charge in [0.25, 0.3) is 0 Å². The zero-order valence-electron chi connectivity index (χ0n) is 9.27. The lowest BCUT2D eigenvalue weighted by molar-refractivity contribution is 0.643. The van der Waals surface area contributed by atoms with Gasteiger partial charge in [-0.05, 0) is 40.3 Å². The number of halogens is 2. The normalized spacial score (nSPS) is 10.8. The fourth-order valence-corrected chi connectivity index (χ4v) is 2.56. The summed E-state index contributed by atoms with van der Waals surface area (Å²) in [6.07, 6.45) is 6.61. The first-order chi connectivity index (χ1) is 8.77. The maximum absolute atomic E-state index is 14.5. The Bertz CT molecular complexity index is 714. The Labute approximate surface area is 117 Å². The molecule has 0 aliphatic rings. The van der Waals surface area contributed by atoms with E-state index in [0.29, 0.717) is 10.9 Å². The summed E-state index contributed by atoms with van der Waals surface area (Å²) >= 11 is 2.16. The Morgan fingerprint density at radius 3 is 2.44 bits per heavy atom. The van der Waals surface area contributed by atoms with E-state index in [4.69, 9.17) is 0 Å². The quantitative estimate of drug-likeness (QED) is 0.619. The predicted molar refractivity (Wildman–Crippen MR) is 77.6 cm³/mol. The minimum Gasteiger partial charge on any atom is -0.265 e. The van der Waals surface area contributed by atoms with Crippen LogP contribution < -0.4 is 0 Å². The predicted octanol–water partition coefficient (Wildman–Crippen LogP) is 4.04. The van der Waals surface area contributed by atoms with Gasteiger partial charge in [-0.2, -0.15) is 0 Å². The van der Waals surface area contributed by atoms with Crippen LogP contribution in [0.5, 0.6) is 0 Å². The van der Waals surface area contributed by atoms with Crippen LogP contribution in [0.3, 0.4) is 0 Å². The van der Waals surface area contributed by atoms with E-state index in [2.05, 4.69) is 32.6 Å². The average molecular weight is 350 g/mol. The summed E-state index contributed by atoms with van der Waals surface area (Å²) in [5.74, 6) is -0.232. The molecule has 3 rings (SSSR count). The number of hydrogen-bond donors (Lipinski definition) is 0.